The number of hydrogen-bond acceptors (Lipinski definition) is 40. The van der Waals surface area contributed by atoms with Crippen molar-refractivity contribution in [2.24, 2.45) is 62.1 Å². The second-order valence-corrected chi connectivity index (χ2v) is 40.9. The minimum atomic E-state index is -2.33. The number of carbonyl (C=O) groups excluding carboxylic acids is 3. The molecule has 0 unspecified atom stereocenters. The Morgan fingerprint density at radius 3 is 1.72 bits per heavy atom. The minimum absolute atomic E-state index is 0.0900. The van der Waals surface area contributed by atoms with Gasteiger partial charge in [0.25, 0.3) is 0 Å². The first-order chi connectivity index (χ1) is 60.1. The molecule has 40 heteroatoms. The Kier molecular flexibility index (Phi) is 32.0. The molecule has 0 aromatic heterocycles. The van der Waals surface area contributed by atoms with E-state index < -0.39 is 336 Å². The zero-order valence-corrected chi connectivity index (χ0v) is 75.3. The fourth-order valence-corrected chi connectivity index (χ4v) is 23.7. The quantitative estimate of drug-likeness (QED) is 0.0187. The molecule has 0 amide bonds. The minimum Gasteiger partial charge on any atom is -0.462 e. The van der Waals surface area contributed by atoms with Gasteiger partial charge in [0.1, 0.15) is 127 Å². The summed E-state index contributed by atoms with van der Waals surface area (Å²) in [5.41, 5.74) is -5.21. The Morgan fingerprint density at radius 2 is 1.06 bits per heavy atom. The first-order valence-electron chi connectivity index (χ1n) is 45.9. The third kappa shape index (κ3) is 19.1. The molecule has 128 heavy (non-hydrogen) atoms. The molecular weight excluding hydrogens is 1700 g/mol. The van der Waals surface area contributed by atoms with Crippen LogP contribution in [-0.2, 0) is 94.9 Å². The van der Waals surface area contributed by atoms with Crippen LogP contribution in [0.2, 0.25) is 0 Å². The highest BCUT2D eigenvalue weighted by atomic mass is 16.8. The van der Waals surface area contributed by atoms with Crippen molar-refractivity contribution in [3.63, 3.8) is 0 Å². The number of aliphatic hydroxyl groups excluding tert-OH is 19. The molecule has 20 N–H and O–H groups in total. The van der Waals surface area contributed by atoms with Crippen LogP contribution in [0.15, 0.2) is 11.6 Å². The lowest BCUT2D eigenvalue weighted by molar-refractivity contribution is -0.396. The standard InChI is InChI=1S/C88H144O40/c1-14-36(3)46(118-55(97)26-42(93)25-47(37(4)15-2)119-78-71(60(102)49(31-90)121-78)126-75-63(105)61(103)57(99)38(5)115-75)24-41(92)27-56(98)122-69-58(100)39(6)116-79(128-81(110)88-23-22-82(8,9)28-44(88)43-16-17-50-83(10)20-19-54-86(13,53(96)33-112-54)51(83)18-21-84(50,11)85(43,12)29-52(88)95)72(69)127-77-66(108)70(125-76-64(106)62(104)59(101)48(30-89)120-76)67(40(7)117-77)123-74-65(107)68(45(94)32-113-74)124-80-73(109)87(111,34-91)35-114-80/h16,36-42,44-54,57-80,89-96,99-109,111H,14-15,17-35H2,1-13H3/t36-,37+,38+,39-,40+,41+,42+,44-,45-,46-,47+,48-,49+,50-,51-,52-,53-,54+,57+,58+,59-,60+,61-,62+,63-,64-,65-,66-,67+,68+,69+,70+,71-,72-,73+,74+,75+,76+,77+,78-,79+,80+,83-,84-,85-,86-,87-,88-/m1/s1. The van der Waals surface area contributed by atoms with Crippen LogP contribution in [0.4, 0.5) is 0 Å². The fraction of sp³-hybridized carbons (Fsp3) is 0.943. The maximum Gasteiger partial charge on any atom is 0.317 e. The Hall–Kier alpha value is -3.21. The van der Waals surface area contributed by atoms with Gasteiger partial charge in [0.15, 0.2) is 49.9 Å². The van der Waals surface area contributed by atoms with Crippen LogP contribution in [0.3, 0.4) is 0 Å². The molecule has 0 spiro atoms. The largest absolute Gasteiger partial charge is 0.462 e. The molecule has 12 fully saturated rings. The molecule has 13 rings (SSSR count). The van der Waals surface area contributed by atoms with E-state index in [0.29, 0.717) is 32.1 Å². The van der Waals surface area contributed by atoms with Gasteiger partial charge in [0, 0.05) is 18.3 Å². The summed E-state index contributed by atoms with van der Waals surface area (Å²) in [5.74, 6) is -4.49. The Morgan fingerprint density at radius 1 is 0.500 bits per heavy atom. The van der Waals surface area contributed by atoms with Crippen molar-refractivity contribution < 1.29 is 197 Å². The van der Waals surface area contributed by atoms with E-state index in [4.69, 9.17) is 80.5 Å². The normalized spacial score (nSPS) is 49.6. The van der Waals surface area contributed by atoms with E-state index in [1.807, 2.05) is 6.92 Å². The zero-order chi connectivity index (χ0) is 93.6. The number of hydrogen-bond donors (Lipinski definition) is 20. The Labute approximate surface area is 744 Å². The van der Waals surface area contributed by atoms with Crippen LogP contribution in [0.25, 0.3) is 0 Å². The van der Waals surface area contributed by atoms with Crippen molar-refractivity contribution in [1.29, 1.82) is 0 Å². The van der Waals surface area contributed by atoms with E-state index >= 15 is 4.79 Å². The Balaban J connectivity index is 0.775. The van der Waals surface area contributed by atoms with Crippen molar-refractivity contribution in [2.75, 3.05) is 39.6 Å². The van der Waals surface area contributed by atoms with E-state index in [1.54, 1.807) is 20.8 Å². The number of esters is 3. The summed E-state index contributed by atoms with van der Waals surface area (Å²) < 4.78 is 104. The van der Waals surface area contributed by atoms with Gasteiger partial charge >= 0.3 is 17.9 Å². The van der Waals surface area contributed by atoms with Gasteiger partial charge in [0.05, 0.1) is 107 Å². The predicted octanol–water partition coefficient (Wildman–Crippen LogP) is -3.01. The van der Waals surface area contributed by atoms with Crippen LogP contribution in [0.5, 0.6) is 0 Å². The molecule has 13 aliphatic rings. The molecule has 736 valence electrons. The molecule has 0 bridgehead atoms. The summed E-state index contributed by atoms with van der Waals surface area (Å²) in [6, 6.07) is 0. The number of carbonyl (C=O) groups is 3. The van der Waals surface area contributed by atoms with E-state index in [1.165, 1.54) is 20.8 Å². The van der Waals surface area contributed by atoms with Crippen molar-refractivity contribution in [2.45, 2.75) is 419 Å². The molecule has 8 saturated heterocycles. The SMILES string of the molecule is CC[C@@H](C)[C@@H](C[C@H](O)CC(=O)O[C@H]1[C@@H](O)[C@@H](C)O[C@@H](OC(=O)[C@]23CCC(C)(C)C[C@@H]2C2=CC[C@@H]4[C@@]5(C)CC[C@@H]6OC[C@@H](O)[C@@]6(C)[C@@H]5CC[C@@]4(C)[C@]2(C)C[C@H]3O)[C@@H]1O[C@@H]1O[C@@H](C)[C@H](O[C@@H]2OC[C@@H](O)[C@H](O[C@@H]3OC[C@](O)(CO)[C@H]3O)[C@H]2O)[C@@H](O[C@@H]2O[C@H](CO)[C@@H](O)[C@H](O)[C@H]2O)[C@H]1O)OC(=O)C[C@@H](O)C[C@H](O[C@@H]1O[C@@H](CO)[C@H](O)[C@H]1O[C@@H]1O[C@@H](C)[C@H](O)[C@@H](O)[C@H]1O)[C@@H](C)CC. The predicted molar refractivity (Wildman–Crippen MR) is 433 cm³/mol. The summed E-state index contributed by atoms with van der Waals surface area (Å²) in [6.07, 6.45) is -55.5. The highest BCUT2D eigenvalue weighted by molar-refractivity contribution is 5.80. The third-order valence-electron chi connectivity index (χ3n) is 32.4. The number of ether oxygens (including phenoxy) is 17. The van der Waals surface area contributed by atoms with E-state index in [0.717, 1.165) is 31.3 Å². The van der Waals surface area contributed by atoms with Crippen LogP contribution in [-0.4, -0.2) is 392 Å². The highest BCUT2D eigenvalue weighted by Gasteiger charge is 2.74. The topological polar surface area (TPSA) is 613 Å². The molecule has 0 aromatic carbocycles. The fourth-order valence-electron chi connectivity index (χ4n) is 23.7. The highest BCUT2D eigenvalue weighted by Crippen LogP contribution is 2.77. The lowest BCUT2D eigenvalue weighted by atomic mass is 9.33. The van der Waals surface area contributed by atoms with E-state index in [2.05, 4.69) is 47.6 Å². The molecule has 40 nitrogen and oxygen atoms in total. The molecule has 4 saturated carbocycles. The van der Waals surface area contributed by atoms with Gasteiger partial charge in [-0.3, -0.25) is 14.4 Å². The summed E-state index contributed by atoms with van der Waals surface area (Å²) in [6.45, 7) is 20.8. The molecule has 48 atom stereocenters. The van der Waals surface area contributed by atoms with Crippen molar-refractivity contribution in [3.8, 4) is 0 Å². The molecule has 0 radical (unpaired) electrons. The third-order valence-corrected chi connectivity index (χ3v) is 32.4. The van der Waals surface area contributed by atoms with Crippen LogP contribution in [0, 0.1) is 62.1 Å². The number of rotatable bonds is 31. The average Bonchev–Trinajstić information content (AvgIpc) is 0.863. The molecular formula is C88H144O40. The van der Waals surface area contributed by atoms with Gasteiger partial charge in [-0.15, -0.1) is 0 Å². The summed E-state index contributed by atoms with van der Waals surface area (Å²) in [7, 11) is 0. The van der Waals surface area contributed by atoms with Crippen LogP contribution < -0.4 is 0 Å². The lowest BCUT2D eigenvalue weighted by Crippen LogP contribution is -2.69. The second kappa shape index (κ2) is 40.1. The van der Waals surface area contributed by atoms with Crippen molar-refractivity contribution >= 4 is 17.9 Å². The number of fused-ring (bicyclic) bond motifs is 9. The molecule has 5 aliphatic carbocycles. The van der Waals surface area contributed by atoms with Gasteiger partial charge < -0.3 is 183 Å². The summed E-state index contributed by atoms with van der Waals surface area (Å²) in [5, 5.41) is 226. The lowest BCUT2D eigenvalue weighted by Gasteiger charge is -2.71. The summed E-state index contributed by atoms with van der Waals surface area (Å²) in [4.78, 5) is 45.5. The Bertz CT molecular complexity index is 3740. The monoisotopic (exact) mass is 1840 g/mol. The van der Waals surface area contributed by atoms with Gasteiger partial charge in [-0.2, -0.15) is 0 Å². The maximum atomic E-state index is 16.5. The van der Waals surface area contributed by atoms with E-state index in [9.17, 15) is 112 Å². The second-order valence-electron chi connectivity index (χ2n) is 40.9. The van der Waals surface area contributed by atoms with Crippen LogP contribution in [0.1, 0.15) is 186 Å². The smallest absolute Gasteiger partial charge is 0.317 e. The molecule has 0 aromatic rings. The van der Waals surface area contributed by atoms with E-state index in [-0.39, 0.29) is 55.1 Å². The molecule has 8 aliphatic heterocycles. The first kappa shape index (κ1) is 102. The van der Waals surface area contributed by atoms with Gasteiger partial charge in [-0.1, -0.05) is 93.7 Å². The van der Waals surface area contributed by atoms with Gasteiger partial charge in [-0.25, -0.2) is 0 Å². The van der Waals surface area contributed by atoms with Gasteiger partial charge in [-0.05, 0) is 130 Å². The zero-order valence-electron chi connectivity index (χ0n) is 75.3. The average molecular weight is 1840 g/mol. The van der Waals surface area contributed by atoms with Gasteiger partial charge in [0.2, 0.25) is 6.29 Å². The number of aliphatic hydroxyl groups is 20. The molecule has 8 heterocycles. The summed E-state index contributed by atoms with van der Waals surface area (Å²) >= 11 is 0. The number of allylic oxidation sites excluding steroid dienone is 2. The van der Waals surface area contributed by atoms with Crippen LogP contribution >= 0.6 is 0 Å². The maximum absolute atomic E-state index is 16.5. The first-order valence-corrected chi connectivity index (χ1v) is 45.9. The van der Waals surface area contributed by atoms with Crippen molar-refractivity contribution in [3.05, 3.63) is 11.6 Å². The van der Waals surface area contributed by atoms with Crippen molar-refractivity contribution in [1.82, 2.24) is 0 Å².